The normalized spacial score (nSPS) is 15.9. The topological polar surface area (TPSA) is 73.2 Å². The number of rotatable bonds is 4. The Kier molecular flexibility index (Phi) is 23.6. The van der Waals surface area contributed by atoms with Crippen LogP contribution >= 0.6 is 0 Å². The lowest BCUT2D eigenvalue weighted by atomic mass is 10.0. The average molecular weight is 657 g/mol. The van der Waals surface area contributed by atoms with Gasteiger partial charge in [0, 0.05) is 0 Å². The molecular formula is C44H64O4. The van der Waals surface area contributed by atoms with E-state index in [4.69, 9.17) is 20.1 Å². The maximum Gasteiger partial charge on any atom is 0.0811 e. The van der Waals surface area contributed by atoms with E-state index in [0.717, 1.165) is 6.42 Å². The van der Waals surface area contributed by atoms with Crippen molar-refractivity contribution in [1.29, 1.82) is 0 Å². The summed E-state index contributed by atoms with van der Waals surface area (Å²) in [7, 11) is 0. The molecule has 1 fully saturated rings. The second-order valence-corrected chi connectivity index (χ2v) is 12.6. The second-order valence-electron chi connectivity index (χ2n) is 12.6. The first-order chi connectivity index (χ1) is 22.6. The van der Waals surface area contributed by atoms with E-state index in [1.807, 2.05) is 19.9 Å². The second kappa shape index (κ2) is 25.5. The van der Waals surface area contributed by atoms with Gasteiger partial charge in [0.2, 0.25) is 0 Å². The molecule has 264 valence electrons. The molecule has 5 unspecified atom stereocenters. The van der Waals surface area contributed by atoms with E-state index in [1.165, 1.54) is 44.5 Å². The molecule has 4 aromatic carbocycles. The minimum absolute atomic E-state index is 0.116. The van der Waals surface area contributed by atoms with Crippen LogP contribution in [0.5, 0.6) is 0 Å². The number of epoxide rings is 1. The molecule has 0 aromatic heterocycles. The molecule has 5 atom stereocenters. The molecular weight excluding hydrogens is 592 g/mol. The number of aryl methyl sites for hydroxylation is 5. The van der Waals surface area contributed by atoms with Gasteiger partial charge < -0.3 is 20.1 Å². The molecule has 1 aliphatic heterocycles. The van der Waals surface area contributed by atoms with Gasteiger partial charge in [-0.05, 0) is 99.3 Å². The monoisotopic (exact) mass is 656 g/mol. The van der Waals surface area contributed by atoms with Gasteiger partial charge in [0.05, 0.1) is 30.5 Å². The zero-order valence-electron chi connectivity index (χ0n) is 31.7. The van der Waals surface area contributed by atoms with E-state index in [2.05, 4.69) is 152 Å². The fourth-order valence-corrected chi connectivity index (χ4v) is 3.29. The van der Waals surface area contributed by atoms with Crippen LogP contribution in [0.15, 0.2) is 103 Å². The van der Waals surface area contributed by atoms with Crippen molar-refractivity contribution in [3.63, 3.8) is 0 Å². The van der Waals surface area contributed by atoms with E-state index in [1.54, 1.807) is 20.8 Å². The number of aliphatic hydroxyl groups is 3. The van der Waals surface area contributed by atoms with Gasteiger partial charge in [-0.1, -0.05) is 144 Å². The summed E-state index contributed by atoms with van der Waals surface area (Å²) in [5.41, 5.74) is 10.4. The van der Waals surface area contributed by atoms with Crippen LogP contribution in [0.3, 0.4) is 0 Å². The Balaban J connectivity index is 0.000000579. The maximum atomic E-state index is 8.38. The van der Waals surface area contributed by atoms with Crippen LogP contribution < -0.4 is 0 Å². The summed E-state index contributed by atoms with van der Waals surface area (Å²) in [4.78, 5) is 0. The number of benzene rings is 4. The lowest BCUT2D eigenvalue weighted by molar-refractivity contribution is 0.0438. The molecule has 4 aromatic rings. The van der Waals surface area contributed by atoms with Crippen molar-refractivity contribution in [1.82, 2.24) is 0 Å². The van der Waals surface area contributed by atoms with Crippen LogP contribution in [0.4, 0.5) is 0 Å². The molecule has 4 nitrogen and oxygen atoms in total. The lowest BCUT2D eigenvalue weighted by Gasteiger charge is -2.03. The van der Waals surface area contributed by atoms with Gasteiger partial charge >= 0.3 is 0 Å². The van der Waals surface area contributed by atoms with Crippen LogP contribution in [0, 0.1) is 34.6 Å². The molecule has 0 bridgehead atoms. The van der Waals surface area contributed by atoms with Crippen molar-refractivity contribution in [3.05, 3.63) is 137 Å². The molecule has 1 aliphatic rings. The minimum atomic E-state index is -0.593. The van der Waals surface area contributed by atoms with E-state index in [0.29, 0.717) is 12.2 Å². The first-order valence-electron chi connectivity index (χ1n) is 17.1. The van der Waals surface area contributed by atoms with Gasteiger partial charge in [-0.2, -0.15) is 0 Å². The molecule has 3 N–H and O–H groups in total. The largest absolute Gasteiger partial charge is 0.393 e. The fraction of sp³-hybridized carbons (Fsp3) is 0.409. The van der Waals surface area contributed by atoms with Crippen molar-refractivity contribution in [2.75, 3.05) is 0 Å². The van der Waals surface area contributed by atoms with Gasteiger partial charge in [-0.3, -0.25) is 0 Å². The lowest BCUT2D eigenvalue weighted by Crippen LogP contribution is -2.17. The summed E-state index contributed by atoms with van der Waals surface area (Å²) in [6.45, 7) is 23.5. The van der Waals surface area contributed by atoms with E-state index < -0.39 is 12.2 Å². The third-order valence-electron chi connectivity index (χ3n) is 7.39. The highest BCUT2D eigenvalue weighted by Crippen LogP contribution is 2.20. The third kappa shape index (κ3) is 23.7. The standard InChI is InChI=1S/C14H14.C10H12.C8H10.C4H10O2.C4H8O.C4H10O/c1-11-3-7-13(8-4-11)14-9-5-12(2)6-10-14;1-3-4-10-7-5-9(2)6-8-10;1-7-3-5-8(2)6-4-7;1-3(5)4(2)6;1-3-4(2)5-3;1-3-4(2)5/h3-10H,1-2H3;3-8H,1-2H3;3-6H,1-2H3;3-6H,1-2H3;3-4H,1-2H3;4-5H,3H2,1-2H3/b;4-3+;;;;. The minimum Gasteiger partial charge on any atom is -0.393 e. The number of aliphatic hydroxyl groups excluding tert-OH is 3. The van der Waals surface area contributed by atoms with Crippen molar-refractivity contribution < 1.29 is 20.1 Å². The first kappa shape index (κ1) is 44.5. The Hall–Kier alpha value is -3.54. The summed E-state index contributed by atoms with van der Waals surface area (Å²) in [5, 5.41) is 25.1. The first-order valence-corrected chi connectivity index (χ1v) is 17.1. The summed E-state index contributed by atoms with van der Waals surface area (Å²) in [6, 6.07) is 34.2. The highest BCUT2D eigenvalue weighted by Gasteiger charge is 2.27. The number of hydrogen-bond donors (Lipinski definition) is 3. The quantitative estimate of drug-likeness (QED) is 0.191. The number of hydrogen-bond acceptors (Lipinski definition) is 4. The molecule has 0 aliphatic carbocycles. The highest BCUT2D eigenvalue weighted by molar-refractivity contribution is 5.63. The smallest absolute Gasteiger partial charge is 0.0811 e. The van der Waals surface area contributed by atoms with E-state index >= 15 is 0 Å². The van der Waals surface area contributed by atoms with Crippen LogP contribution in [0.2, 0.25) is 0 Å². The molecule has 0 saturated carbocycles. The Bertz CT molecular complexity index is 1270. The van der Waals surface area contributed by atoms with Gasteiger partial charge in [0.1, 0.15) is 0 Å². The zero-order chi connectivity index (χ0) is 36.6. The zero-order valence-corrected chi connectivity index (χ0v) is 31.7. The van der Waals surface area contributed by atoms with E-state index in [-0.39, 0.29) is 6.10 Å². The van der Waals surface area contributed by atoms with Crippen molar-refractivity contribution in [2.24, 2.45) is 0 Å². The van der Waals surface area contributed by atoms with Gasteiger partial charge in [0.25, 0.3) is 0 Å². The van der Waals surface area contributed by atoms with Gasteiger partial charge in [-0.15, -0.1) is 0 Å². The Morgan fingerprint density at radius 3 is 0.958 bits per heavy atom. The summed E-state index contributed by atoms with van der Waals surface area (Å²) in [6.07, 6.45) is 4.80. The van der Waals surface area contributed by atoms with Crippen LogP contribution in [0.25, 0.3) is 17.2 Å². The Morgan fingerprint density at radius 1 is 0.542 bits per heavy atom. The Morgan fingerprint density at radius 2 is 0.771 bits per heavy atom. The average Bonchev–Trinajstić information content (AvgIpc) is 3.72. The van der Waals surface area contributed by atoms with Crippen molar-refractivity contribution in [2.45, 2.75) is 120 Å². The number of allylic oxidation sites excluding steroid dienone is 1. The molecule has 4 heteroatoms. The molecule has 0 amide bonds. The summed E-state index contributed by atoms with van der Waals surface area (Å²) < 4.78 is 4.92. The maximum absolute atomic E-state index is 8.38. The van der Waals surface area contributed by atoms with Gasteiger partial charge in [0.15, 0.2) is 0 Å². The van der Waals surface area contributed by atoms with Crippen LogP contribution in [-0.4, -0.2) is 45.8 Å². The van der Waals surface area contributed by atoms with E-state index in [9.17, 15) is 0 Å². The van der Waals surface area contributed by atoms with Crippen LogP contribution in [-0.2, 0) is 4.74 Å². The fourth-order valence-electron chi connectivity index (χ4n) is 3.29. The van der Waals surface area contributed by atoms with Crippen LogP contribution in [0.1, 0.15) is 88.3 Å². The summed E-state index contributed by atoms with van der Waals surface area (Å²) in [5.74, 6) is 0. The number of ether oxygens (including phenoxy) is 1. The third-order valence-corrected chi connectivity index (χ3v) is 7.39. The van der Waals surface area contributed by atoms with Gasteiger partial charge in [-0.25, -0.2) is 0 Å². The molecule has 1 heterocycles. The summed E-state index contributed by atoms with van der Waals surface area (Å²) >= 11 is 0. The predicted octanol–water partition coefficient (Wildman–Crippen LogP) is 10.6. The Labute approximate surface area is 293 Å². The molecule has 1 saturated heterocycles. The van der Waals surface area contributed by atoms with Crippen molar-refractivity contribution >= 4 is 6.08 Å². The molecule has 0 radical (unpaired) electrons. The molecule has 0 spiro atoms. The highest BCUT2D eigenvalue weighted by atomic mass is 16.6. The molecule has 48 heavy (non-hydrogen) atoms. The predicted molar refractivity (Wildman–Crippen MR) is 208 cm³/mol. The molecule has 5 rings (SSSR count). The van der Waals surface area contributed by atoms with Crippen molar-refractivity contribution in [3.8, 4) is 11.1 Å². The SMILES string of the molecule is C/C=C/c1ccc(C)cc1.CC(O)C(C)O.CC1OC1C.CCC(C)O.Cc1ccc(-c2ccc(C)cc2)cc1.Cc1ccc(C)cc1.